The van der Waals surface area contributed by atoms with Crippen LogP contribution in [0, 0.1) is 11.8 Å². The van der Waals surface area contributed by atoms with E-state index in [2.05, 4.69) is 13.8 Å². The van der Waals surface area contributed by atoms with Gasteiger partial charge < -0.3 is 18.9 Å². The Bertz CT molecular complexity index is 2700. The molecule has 6 aromatic carbocycles. The quantitative estimate of drug-likeness (QED) is 0.0270. The molecule has 0 radical (unpaired) electrons. The normalized spacial score (nSPS) is 11.8. The van der Waals surface area contributed by atoms with Gasteiger partial charge in [-0.2, -0.15) is 0 Å². The van der Waals surface area contributed by atoms with Crippen molar-refractivity contribution in [1.29, 1.82) is 0 Å². The summed E-state index contributed by atoms with van der Waals surface area (Å²) in [5.41, 5.74) is 6.68. The van der Waals surface area contributed by atoms with E-state index in [-0.39, 0.29) is 11.8 Å². The molecule has 0 N–H and O–H groups in total. The second-order valence-electron chi connectivity index (χ2n) is 18.6. The first-order chi connectivity index (χ1) is 35.1. The number of ether oxygens (including phenoxy) is 4. The number of aryl methyl sites for hydroxylation is 2. The number of halogens is 4. The fourth-order valence-electron chi connectivity index (χ4n) is 7.50. The summed E-state index contributed by atoms with van der Waals surface area (Å²) in [6, 6.07) is 39.5. The smallest absolute Gasteiger partial charge is 0.343 e. The number of carbonyl (C=O) groups is 4. The Morgan fingerprint density at radius 2 is 0.685 bits per heavy atom. The molecule has 0 aromatic heterocycles. The molecule has 0 spiro atoms. The summed E-state index contributed by atoms with van der Waals surface area (Å²) in [6.45, 7) is 11.9. The molecule has 0 aliphatic heterocycles. The molecule has 0 heterocycles. The summed E-state index contributed by atoms with van der Waals surface area (Å²) >= 11 is 25.0. The van der Waals surface area contributed by atoms with E-state index in [0.29, 0.717) is 44.2 Å². The predicted octanol–water partition coefficient (Wildman–Crippen LogP) is 17.4. The molecule has 12 heteroatoms. The number of esters is 4. The van der Waals surface area contributed by atoms with Crippen molar-refractivity contribution in [2.75, 3.05) is 0 Å². The van der Waals surface area contributed by atoms with Gasteiger partial charge in [-0.25, -0.2) is 9.59 Å². The van der Waals surface area contributed by atoms with Crippen molar-refractivity contribution in [3.63, 3.8) is 0 Å². The number of benzene rings is 6. The first-order valence-corrected chi connectivity index (χ1v) is 26.8. The summed E-state index contributed by atoms with van der Waals surface area (Å²) in [5.74, 6) is -0.0968. The second-order valence-corrected chi connectivity index (χ2v) is 20.4. The van der Waals surface area contributed by atoms with Gasteiger partial charge in [0.2, 0.25) is 0 Å². The molecule has 0 bridgehead atoms. The van der Waals surface area contributed by atoms with Gasteiger partial charge in [0, 0.05) is 10.0 Å². The molecule has 0 saturated carbocycles. The lowest BCUT2D eigenvalue weighted by molar-refractivity contribution is -0.135. The average Bonchev–Trinajstić information content (AvgIpc) is 3.38. The zero-order valence-electron chi connectivity index (χ0n) is 42.6. The van der Waals surface area contributed by atoms with Gasteiger partial charge in [-0.3, -0.25) is 9.59 Å². The topological polar surface area (TPSA) is 105 Å². The highest BCUT2D eigenvalue weighted by Crippen LogP contribution is 2.29. The Kier molecular flexibility index (Phi) is 23.9. The minimum absolute atomic E-state index is 0.0114. The highest BCUT2D eigenvalue weighted by Gasteiger charge is 2.23. The van der Waals surface area contributed by atoms with Crippen molar-refractivity contribution in [2.24, 2.45) is 11.8 Å². The molecular weight excluding hydrogens is 1000 g/mol. The van der Waals surface area contributed by atoms with Crippen LogP contribution in [-0.4, -0.2) is 34.6 Å². The first kappa shape index (κ1) is 58.3. The Hall–Kier alpha value is -5.64. The van der Waals surface area contributed by atoms with Crippen LogP contribution in [0.1, 0.15) is 131 Å². The van der Waals surface area contributed by atoms with Crippen LogP contribution >= 0.6 is 46.4 Å². The molecule has 0 fully saturated rings. The van der Waals surface area contributed by atoms with Gasteiger partial charge in [0.25, 0.3) is 0 Å². The molecule has 6 aromatic rings. The Morgan fingerprint density at radius 3 is 0.973 bits per heavy atom. The maximum atomic E-state index is 12.6. The Labute approximate surface area is 451 Å². The van der Waals surface area contributed by atoms with Crippen molar-refractivity contribution in [2.45, 2.75) is 123 Å². The third-order valence-corrected chi connectivity index (χ3v) is 14.1. The van der Waals surface area contributed by atoms with Crippen molar-refractivity contribution in [3.8, 4) is 45.3 Å². The lowest BCUT2D eigenvalue weighted by atomic mass is 10.0. The molecule has 0 aliphatic rings. The standard InChI is InChI=1S/C31H34Cl2O4.C30H32Cl2O4/c1-4-5-6-7-8-9-24-10-11-25(20-28(24)32)30(34)36-26-16-12-22(13-17-26)23-14-18-27(19-15-23)37-31(35)29(33)21(2)3;1-4-5-6-7-8-23-9-10-24(19-27(23)31)29(33)35-25-15-11-21(12-16-25)22-13-17-26(18-14-22)36-30(34)28(32)20(2)3/h10-21,29H,4-9H2,1-3H3;9-20,28H,4-8H2,1-3H3. The van der Waals surface area contributed by atoms with E-state index in [1.807, 2.05) is 88.4 Å². The molecule has 6 rings (SSSR count). The van der Waals surface area contributed by atoms with E-state index in [4.69, 9.17) is 65.4 Å². The van der Waals surface area contributed by atoms with Gasteiger partial charge in [0.1, 0.15) is 33.8 Å². The molecule has 0 saturated heterocycles. The SMILES string of the molecule is CCCCCCCc1ccc(C(=O)Oc2ccc(-c3ccc(OC(=O)C(Cl)C(C)C)cc3)cc2)cc1Cl.CCCCCCc1ccc(C(=O)Oc2ccc(-c3ccc(OC(=O)C(Cl)C(C)C)cc3)cc2)cc1Cl. The van der Waals surface area contributed by atoms with Crippen LogP contribution in [0.5, 0.6) is 23.0 Å². The van der Waals surface area contributed by atoms with E-state index in [0.717, 1.165) is 59.1 Å². The third-order valence-electron chi connectivity index (χ3n) is 12.0. The van der Waals surface area contributed by atoms with Crippen LogP contribution < -0.4 is 18.9 Å². The first-order valence-electron chi connectivity index (χ1n) is 25.2. The molecule has 2 unspecified atom stereocenters. The summed E-state index contributed by atoms with van der Waals surface area (Å²) in [4.78, 5) is 49.3. The van der Waals surface area contributed by atoms with Crippen LogP contribution in [0.15, 0.2) is 133 Å². The summed E-state index contributed by atoms with van der Waals surface area (Å²) < 4.78 is 21.8. The van der Waals surface area contributed by atoms with Gasteiger partial charge in [-0.15, -0.1) is 23.2 Å². The maximum absolute atomic E-state index is 12.6. The minimum Gasteiger partial charge on any atom is -0.425 e. The van der Waals surface area contributed by atoms with E-state index < -0.39 is 34.6 Å². The largest absolute Gasteiger partial charge is 0.425 e. The summed E-state index contributed by atoms with van der Waals surface area (Å²) in [5, 5.41) is -0.190. The fraction of sp³-hybridized carbons (Fsp3) is 0.344. The molecule has 0 amide bonds. The fourth-order valence-corrected chi connectivity index (χ4v) is 8.14. The number of hydrogen-bond donors (Lipinski definition) is 0. The molecule has 386 valence electrons. The molecule has 0 aliphatic carbocycles. The molecular formula is C61H66Cl4O8. The van der Waals surface area contributed by atoms with E-state index in [1.165, 1.54) is 44.9 Å². The van der Waals surface area contributed by atoms with Gasteiger partial charge >= 0.3 is 23.9 Å². The van der Waals surface area contributed by atoms with Gasteiger partial charge in [0.15, 0.2) is 0 Å². The zero-order chi connectivity index (χ0) is 52.9. The van der Waals surface area contributed by atoms with Crippen LogP contribution in [0.2, 0.25) is 10.0 Å². The highest BCUT2D eigenvalue weighted by molar-refractivity contribution is 6.32. The van der Waals surface area contributed by atoms with Crippen LogP contribution in [0.4, 0.5) is 0 Å². The van der Waals surface area contributed by atoms with Crippen molar-refractivity contribution >= 4 is 70.3 Å². The average molecular weight is 1070 g/mol. The van der Waals surface area contributed by atoms with Gasteiger partial charge in [-0.1, -0.05) is 170 Å². The van der Waals surface area contributed by atoms with Crippen molar-refractivity contribution < 1.29 is 38.1 Å². The Morgan fingerprint density at radius 1 is 0.397 bits per heavy atom. The maximum Gasteiger partial charge on any atom is 0.343 e. The predicted molar refractivity (Wildman–Crippen MR) is 297 cm³/mol. The second kappa shape index (κ2) is 29.9. The summed E-state index contributed by atoms with van der Waals surface area (Å²) in [7, 11) is 0. The number of rotatable bonds is 23. The molecule has 2 atom stereocenters. The van der Waals surface area contributed by atoms with Crippen molar-refractivity contribution in [1.82, 2.24) is 0 Å². The molecule has 73 heavy (non-hydrogen) atoms. The monoisotopic (exact) mass is 1070 g/mol. The number of hydrogen-bond acceptors (Lipinski definition) is 8. The van der Waals surface area contributed by atoms with E-state index >= 15 is 0 Å². The lowest BCUT2D eigenvalue weighted by Crippen LogP contribution is -2.25. The minimum atomic E-state index is -0.691. The number of carbonyl (C=O) groups excluding carboxylic acids is 4. The van der Waals surface area contributed by atoms with Crippen LogP contribution in [0.25, 0.3) is 22.3 Å². The van der Waals surface area contributed by atoms with Crippen molar-refractivity contribution in [3.05, 3.63) is 166 Å². The highest BCUT2D eigenvalue weighted by atomic mass is 35.5. The Balaban J connectivity index is 0.000000271. The van der Waals surface area contributed by atoms with Gasteiger partial charge in [-0.05, 0) is 144 Å². The number of alkyl halides is 2. The molecule has 8 nitrogen and oxygen atoms in total. The lowest BCUT2D eigenvalue weighted by Gasteiger charge is -2.12. The van der Waals surface area contributed by atoms with E-state index in [1.54, 1.807) is 72.8 Å². The van der Waals surface area contributed by atoms with Crippen LogP contribution in [-0.2, 0) is 22.4 Å². The van der Waals surface area contributed by atoms with Gasteiger partial charge in [0.05, 0.1) is 11.1 Å². The summed E-state index contributed by atoms with van der Waals surface area (Å²) in [6.07, 6.45) is 12.5. The number of unbranched alkanes of at least 4 members (excludes halogenated alkanes) is 7. The van der Waals surface area contributed by atoms with Crippen LogP contribution in [0.3, 0.4) is 0 Å². The third kappa shape index (κ3) is 18.7. The van der Waals surface area contributed by atoms with E-state index in [9.17, 15) is 19.2 Å². The zero-order valence-corrected chi connectivity index (χ0v) is 45.6.